The molecule has 0 fully saturated rings. The van der Waals surface area contributed by atoms with Gasteiger partial charge in [0.25, 0.3) is 0 Å². The number of benzene rings is 2. The average molecular weight is 376 g/mol. The molecule has 2 aromatic carbocycles. The van der Waals surface area contributed by atoms with Gasteiger partial charge in [0.15, 0.2) is 11.6 Å². The van der Waals surface area contributed by atoms with E-state index < -0.39 is 0 Å². The lowest BCUT2D eigenvalue weighted by molar-refractivity contribution is -0.114. The maximum absolute atomic E-state index is 12.2. The van der Waals surface area contributed by atoms with Gasteiger partial charge in [-0.1, -0.05) is 67.6 Å². The average Bonchev–Trinajstić information content (AvgIpc) is 2.68. The van der Waals surface area contributed by atoms with Crippen LogP contribution in [0.4, 0.5) is 0 Å². The summed E-state index contributed by atoms with van der Waals surface area (Å²) in [7, 11) is 0. The second-order valence-electron chi connectivity index (χ2n) is 7.00. The van der Waals surface area contributed by atoms with Crippen LogP contribution >= 0.6 is 0 Å². The molecule has 0 unspecified atom stereocenters. The Morgan fingerprint density at radius 3 is 2.14 bits per heavy atom. The summed E-state index contributed by atoms with van der Waals surface area (Å²) in [6, 6.07) is 19.5. The van der Waals surface area contributed by atoms with Crippen LogP contribution in [0.3, 0.4) is 0 Å². The standard InChI is InChI=1S/C24H29N3O/c1-4-11-22(28)16-21(26-18(2)3)17-23(19-12-7-5-8-13-19)27-24(25)20-14-9-6-10-15-20/h5-10,12-16,18,25-26H,4,11,17H2,1-3H3/b21-16-,25-24?,27-23?. The summed E-state index contributed by atoms with van der Waals surface area (Å²) in [5.41, 5.74) is 3.30. The Morgan fingerprint density at radius 1 is 1.04 bits per heavy atom. The number of carbonyl (C=O) groups is 1. The molecule has 2 N–H and O–H groups in total. The second-order valence-corrected chi connectivity index (χ2v) is 7.00. The Balaban J connectivity index is 2.38. The molecular formula is C24H29N3O. The van der Waals surface area contributed by atoms with Gasteiger partial charge >= 0.3 is 0 Å². The number of ketones is 1. The molecule has 4 heteroatoms. The second kappa shape index (κ2) is 11.0. The largest absolute Gasteiger partial charge is 0.386 e. The SMILES string of the molecule is CCCC(=O)/C=C(/CC(=NC(=N)c1ccccc1)c1ccccc1)NC(C)C. The molecule has 0 aliphatic rings. The van der Waals surface area contributed by atoms with Crippen LogP contribution in [0.1, 0.15) is 51.2 Å². The number of amidine groups is 1. The summed E-state index contributed by atoms with van der Waals surface area (Å²) >= 11 is 0. The number of nitrogens with zero attached hydrogens (tertiary/aromatic N) is 1. The van der Waals surface area contributed by atoms with Crippen molar-refractivity contribution >= 4 is 17.3 Å². The summed E-state index contributed by atoms with van der Waals surface area (Å²) in [4.78, 5) is 16.8. The quantitative estimate of drug-likeness (QED) is 0.362. The lowest BCUT2D eigenvalue weighted by Crippen LogP contribution is -2.25. The van der Waals surface area contributed by atoms with Crippen LogP contribution in [0.15, 0.2) is 77.4 Å². The van der Waals surface area contributed by atoms with Gasteiger partial charge in [-0.3, -0.25) is 10.2 Å². The van der Waals surface area contributed by atoms with Crippen molar-refractivity contribution in [3.63, 3.8) is 0 Å². The normalized spacial score (nSPS) is 12.1. The minimum Gasteiger partial charge on any atom is -0.386 e. The Kier molecular flexibility index (Phi) is 8.35. The van der Waals surface area contributed by atoms with Crippen molar-refractivity contribution in [1.29, 1.82) is 5.41 Å². The van der Waals surface area contributed by atoms with Crippen LogP contribution in [0.2, 0.25) is 0 Å². The first-order chi connectivity index (χ1) is 13.5. The number of carbonyl (C=O) groups excluding carboxylic acids is 1. The van der Waals surface area contributed by atoms with Crippen LogP contribution in [-0.2, 0) is 4.79 Å². The van der Waals surface area contributed by atoms with Crippen LogP contribution in [0, 0.1) is 5.41 Å². The molecule has 0 heterocycles. The van der Waals surface area contributed by atoms with Crippen molar-refractivity contribution in [3.8, 4) is 0 Å². The van der Waals surface area contributed by atoms with E-state index in [0.29, 0.717) is 12.8 Å². The first-order valence-corrected chi connectivity index (χ1v) is 9.76. The molecule has 0 aliphatic carbocycles. The van der Waals surface area contributed by atoms with E-state index in [2.05, 4.69) is 10.3 Å². The van der Waals surface area contributed by atoms with Crippen molar-refractivity contribution in [2.24, 2.45) is 4.99 Å². The first kappa shape index (κ1) is 21.3. The Hall–Kier alpha value is -3.01. The van der Waals surface area contributed by atoms with Crippen LogP contribution in [0.25, 0.3) is 0 Å². The van der Waals surface area contributed by atoms with Gasteiger partial charge in [0.05, 0.1) is 5.71 Å². The molecule has 0 spiro atoms. The zero-order valence-corrected chi connectivity index (χ0v) is 16.9. The fourth-order valence-corrected chi connectivity index (χ4v) is 2.84. The third-order valence-electron chi connectivity index (χ3n) is 4.06. The first-order valence-electron chi connectivity index (χ1n) is 9.76. The molecule has 2 aromatic rings. The third-order valence-corrected chi connectivity index (χ3v) is 4.06. The fraction of sp³-hybridized carbons (Fsp3) is 0.292. The minimum absolute atomic E-state index is 0.108. The smallest absolute Gasteiger partial charge is 0.157 e. The van der Waals surface area contributed by atoms with E-state index in [1.54, 1.807) is 6.08 Å². The zero-order valence-electron chi connectivity index (χ0n) is 16.9. The number of hydrogen-bond acceptors (Lipinski definition) is 3. The summed E-state index contributed by atoms with van der Waals surface area (Å²) in [6.45, 7) is 6.09. The molecule has 0 aromatic heterocycles. The van der Waals surface area contributed by atoms with Crippen LogP contribution in [-0.4, -0.2) is 23.4 Å². The Bertz CT molecular complexity index is 837. The van der Waals surface area contributed by atoms with E-state index in [-0.39, 0.29) is 17.7 Å². The van der Waals surface area contributed by atoms with Gasteiger partial charge in [-0.25, -0.2) is 4.99 Å². The van der Waals surface area contributed by atoms with E-state index >= 15 is 0 Å². The minimum atomic E-state index is 0.108. The summed E-state index contributed by atoms with van der Waals surface area (Å²) in [5.74, 6) is 0.319. The molecular weight excluding hydrogens is 346 g/mol. The van der Waals surface area contributed by atoms with E-state index in [1.165, 1.54) is 0 Å². The van der Waals surface area contributed by atoms with Crippen molar-refractivity contribution in [1.82, 2.24) is 5.32 Å². The number of nitrogens with one attached hydrogen (secondary N) is 2. The molecule has 146 valence electrons. The molecule has 0 bridgehead atoms. The summed E-state index contributed by atoms with van der Waals surface area (Å²) < 4.78 is 0. The molecule has 0 saturated carbocycles. The van der Waals surface area contributed by atoms with Gasteiger partial charge in [0.2, 0.25) is 0 Å². The monoisotopic (exact) mass is 375 g/mol. The van der Waals surface area contributed by atoms with Crippen molar-refractivity contribution in [3.05, 3.63) is 83.6 Å². The Morgan fingerprint density at radius 2 is 1.61 bits per heavy atom. The molecule has 28 heavy (non-hydrogen) atoms. The fourth-order valence-electron chi connectivity index (χ4n) is 2.84. The molecule has 0 amide bonds. The highest BCUT2D eigenvalue weighted by molar-refractivity contribution is 6.12. The van der Waals surface area contributed by atoms with Gasteiger partial charge in [-0.15, -0.1) is 0 Å². The van der Waals surface area contributed by atoms with Gasteiger partial charge in [0.1, 0.15) is 0 Å². The maximum atomic E-state index is 12.2. The highest BCUT2D eigenvalue weighted by Gasteiger charge is 2.12. The number of hydrogen-bond donors (Lipinski definition) is 2. The number of aliphatic imine (C=N–C) groups is 1. The predicted octanol–water partition coefficient (Wildman–Crippen LogP) is 5.14. The molecule has 0 atom stereocenters. The summed E-state index contributed by atoms with van der Waals surface area (Å²) in [5, 5.41) is 11.8. The van der Waals surface area contributed by atoms with Gasteiger partial charge in [-0.05, 0) is 25.8 Å². The van der Waals surface area contributed by atoms with Crippen molar-refractivity contribution in [2.45, 2.75) is 46.1 Å². The highest BCUT2D eigenvalue weighted by atomic mass is 16.1. The number of rotatable bonds is 9. The van der Waals surface area contributed by atoms with Crippen LogP contribution in [0.5, 0.6) is 0 Å². The molecule has 0 saturated heterocycles. The van der Waals surface area contributed by atoms with E-state index in [0.717, 1.165) is 29.0 Å². The Labute approximate surface area is 167 Å². The predicted molar refractivity (Wildman–Crippen MR) is 117 cm³/mol. The third kappa shape index (κ3) is 6.95. The topological polar surface area (TPSA) is 65.3 Å². The highest BCUT2D eigenvalue weighted by Crippen LogP contribution is 2.13. The summed E-state index contributed by atoms with van der Waals surface area (Å²) in [6.07, 6.45) is 3.50. The molecule has 4 nitrogen and oxygen atoms in total. The van der Waals surface area contributed by atoms with Crippen LogP contribution < -0.4 is 5.32 Å². The van der Waals surface area contributed by atoms with E-state index in [1.807, 2.05) is 81.4 Å². The van der Waals surface area contributed by atoms with Gasteiger partial charge in [-0.2, -0.15) is 0 Å². The lowest BCUT2D eigenvalue weighted by Gasteiger charge is -2.16. The molecule has 2 rings (SSSR count). The lowest BCUT2D eigenvalue weighted by atomic mass is 10.0. The van der Waals surface area contributed by atoms with E-state index in [4.69, 9.17) is 5.41 Å². The number of allylic oxidation sites excluding steroid dienone is 2. The molecule has 0 aliphatic heterocycles. The maximum Gasteiger partial charge on any atom is 0.157 e. The zero-order chi connectivity index (χ0) is 20.4. The van der Waals surface area contributed by atoms with Gasteiger partial charge < -0.3 is 5.32 Å². The van der Waals surface area contributed by atoms with E-state index in [9.17, 15) is 4.79 Å². The van der Waals surface area contributed by atoms with Gasteiger partial charge in [0, 0.05) is 36.2 Å². The van der Waals surface area contributed by atoms with Crippen molar-refractivity contribution in [2.75, 3.05) is 0 Å². The molecule has 0 radical (unpaired) electrons. The van der Waals surface area contributed by atoms with Crippen molar-refractivity contribution < 1.29 is 4.79 Å².